The molecule has 3 saturated carbocycles. The summed E-state index contributed by atoms with van der Waals surface area (Å²) in [4.78, 5) is 38.7. The summed E-state index contributed by atoms with van der Waals surface area (Å²) in [6.07, 6.45) is 1.15. The molecule has 0 unspecified atom stereocenters. The molecule has 52 heavy (non-hydrogen) atoms. The first-order chi connectivity index (χ1) is 24.4. The van der Waals surface area contributed by atoms with Gasteiger partial charge in [-0.2, -0.15) is 5.06 Å². The number of hydrogen-bond acceptors (Lipinski definition) is 7. The van der Waals surface area contributed by atoms with Gasteiger partial charge in [0.15, 0.2) is 0 Å². The van der Waals surface area contributed by atoms with E-state index in [1.165, 1.54) is 6.42 Å². The van der Waals surface area contributed by atoms with Crippen LogP contribution in [0.1, 0.15) is 89.7 Å². The third-order valence-electron chi connectivity index (χ3n) is 12.6. The normalized spacial score (nSPS) is 27.5. The van der Waals surface area contributed by atoms with Gasteiger partial charge in [0.05, 0.1) is 18.8 Å². The first-order valence-electron chi connectivity index (χ1n) is 19.7. The lowest BCUT2D eigenvalue weighted by Crippen LogP contribution is -2.62. The van der Waals surface area contributed by atoms with Gasteiger partial charge in [0, 0.05) is 64.0 Å². The lowest BCUT2D eigenvalue weighted by Gasteiger charge is -2.62. The lowest BCUT2D eigenvalue weighted by atomic mass is 9.45. The van der Waals surface area contributed by atoms with Gasteiger partial charge in [0.2, 0.25) is 5.91 Å². The molecule has 6 rings (SSSR count). The van der Waals surface area contributed by atoms with Gasteiger partial charge < -0.3 is 25.5 Å². The van der Waals surface area contributed by atoms with Gasteiger partial charge in [-0.25, -0.2) is 0 Å². The molecular weight excluding hydrogens is 651 g/mol. The van der Waals surface area contributed by atoms with Crippen molar-refractivity contribution in [2.75, 3.05) is 45.7 Å². The van der Waals surface area contributed by atoms with Crippen LogP contribution in [-0.2, 0) is 16.2 Å². The molecule has 2 bridgehead atoms. The highest BCUT2D eigenvalue weighted by atomic mass is 16.7. The van der Waals surface area contributed by atoms with Crippen molar-refractivity contribution < 1.29 is 19.5 Å². The predicted molar refractivity (Wildman–Crippen MR) is 211 cm³/mol. The summed E-state index contributed by atoms with van der Waals surface area (Å²) in [5.41, 5.74) is 5.93. The van der Waals surface area contributed by atoms with Crippen LogP contribution in [-0.4, -0.2) is 92.0 Å². The number of fused-ring (bicyclic) bond motifs is 2. The molecule has 8 atom stereocenters. The van der Waals surface area contributed by atoms with E-state index < -0.39 is 18.1 Å². The number of benzene rings is 2. The van der Waals surface area contributed by atoms with E-state index in [0.29, 0.717) is 53.7 Å². The van der Waals surface area contributed by atoms with Gasteiger partial charge >= 0.3 is 0 Å². The lowest BCUT2D eigenvalue weighted by molar-refractivity contribution is -0.180. The van der Waals surface area contributed by atoms with Gasteiger partial charge in [0.1, 0.15) is 6.04 Å². The Labute approximate surface area is 313 Å². The topological polar surface area (TPSA) is 97.4 Å². The number of aliphatic hydroxyl groups is 1. The molecule has 4 fully saturated rings. The highest BCUT2D eigenvalue weighted by molar-refractivity contribution is 5.96. The van der Waals surface area contributed by atoms with Crippen LogP contribution in [0.3, 0.4) is 0 Å². The molecule has 2 amide bonds. The second-order valence-corrected chi connectivity index (χ2v) is 17.9. The molecular formula is C43H67N5O4. The summed E-state index contributed by atoms with van der Waals surface area (Å²) in [6, 6.07) is 11.6. The molecule has 288 valence electrons. The number of amides is 2. The number of rotatable bonds is 14. The molecule has 0 radical (unpaired) electrons. The quantitative estimate of drug-likeness (QED) is 0.209. The van der Waals surface area contributed by atoms with E-state index in [0.717, 1.165) is 47.5 Å². The summed E-state index contributed by atoms with van der Waals surface area (Å²) in [5, 5.41) is 19.6. The summed E-state index contributed by atoms with van der Waals surface area (Å²) in [5.74, 6) is 1.99. The standard InChI is InChI=1S/C43H67N5O4/c1-25(2)21-47(22-26(3)4)24-38-39(29(7)49)40(42(51)45-37-20-33-19-36(28(37)6)43(33,8)9)48(52-38)23-30-14-13-15-35(27(30)5)31-16-32(41(50)44-10)18-34(17-31)46(11)12/h13-18,25-26,28-29,33,36-40,49H,19-24H2,1-12H3,(H,44,50)(H,45,51)/t28-,29-,33-,36+,37-,38-,39+,40-/m0/s1. The Kier molecular flexibility index (Phi) is 12.5. The monoisotopic (exact) mass is 718 g/mol. The van der Waals surface area contributed by atoms with Crippen LogP contribution in [0.25, 0.3) is 11.1 Å². The van der Waals surface area contributed by atoms with E-state index in [-0.39, 0.29) is 24.0 Å². The van der Waals surface area contributed by atoms with Crippen LogP contribution in [0.4, 0.5) is 5.69 Å². The van der Waals surface area contributed by atoms with E-state index in [9.17, 15) is 14.7 Å². The minimum atomic E-state index is -0.744. The van der Waals surface area contributed by atoms with Crippen molar-refractivity contribution >= 4 is 17.5 Å². The third kappa shape index (κ3) is 8.38. The summed E-state index contributed by atoms with van der Waals surface area (Å²) in [7, 11) is 5.60. The van der Waals surface area contributed by atoms with Crippen LogP contribution in [0, 0.1) is 47.8 Å². The first kappa shape index (κ1) is 40.2. The van der Waals surface area contributed by atoms with Gasteiger partial charge in [-0.3, -0.25) is 14.4 Å². The molecule has 9 nitrogen and oxygen atoms in total. The van der Waals surface area contributed by atoms with Gasteiger partial charge in [-0.1, -0.05) is 66.7 Å². The molecule has 0 aromatic heterocycles. The average molecular weight is 718 g/mol. The minimum Gasteiger partial charge on any atom is -0.393 e. The molecule has 3 N–H and O–H groups in total. The second kappa shape index (κ2) is 16.2. The van der Waals surface area contributed by atoms with E-state index in [4.69, 9.17) is 4.84 Å². The number of nitrogens with one attached hydrogen (secondary N) is 2. The predicted octanol–water partition coefficient (Wildman–Crippen LogP) is 6.37. The summed E-state index contributed by atoms with van der Waals surface area (Å²) in [6.45, 7) is 22.8. The molecule has 2 aromatic carbocycles. The molecule has 2 aromatic rings. The maximum Gasteiger partial charge on any atom is 0.251 e. The van der Waals surface area contributed by atoms with Crippen molar-refractivity contribution in [1.82, 2.24) is 20.6 Å². The summed E-state index contributed by atoms with van der Waals surface area (Å²) < 4.78 is 0. The zero-order chi connectivity index (χ0) is 38.2. The van der Waals surface area contributed by atoms with Crippen molar-refractivity contribution in [2.24, 2.45) is 40.9 Å². The zero-order valence-electron chi connectivity index (χ0n) is 34.0. The Morgan fingerprint density at radius 3 is 2.27 bits per heavy atom. The Hall–Kier alpha value is -2.98. The molecule has 1 heterocycles. The number of carbonyl (C=O) groups is 2. The van der Waals surface area contributed by atoms with E-state index in [1.54, 1.807) is 7.05 Å². The van der Waals surface area contributed by atoms with E-state index in [2.05, 4.69) is 89.1 Å². The Morgan fingerprint density at radius 1 is 1.04 bits per heavy atom. The molecule has 0 spiro atoms. The van der Waals surface area contributed by atoms with Crippen molar-refractivity contribution in [3.63, 3.8) is 0 Å². The number of hydroxylamine groups is 2. The number of nitrogens with zero attached hydrogens (tertiary/aromatic N) is 3. The van der Waals surface area contributed by atoms with Crippen molar-refractivity contribution in [3.05, 3.63) is 53.1 Å². The van der Waals surface area contributed by atoms with Crippen LogP contribution in [0.15, 0.2) is 36.4 Å². The van der Waals surface area contributed by atoms with Crippen LogP contribution >= 0.6 is 0 Å². The SMILES string of the molecule is CNC(=O)c1cc(-c2cccc(CN3O[C@@H](CN(CC(C)C)CC(C)C)[C@@H]([C@H](C)O)[C@H]3C(=O)N[C@H]3C[C@@H]4C[C@H]([C@@H]3C)C4(C)C)c2C)cc(N(C)C)c1. The van der Waals surface area contributed by atoms with Crippen LogP contribution in [0.2, 0.25) is 0 Å². The number of hydrogen-bond donors (Lipinski definition) is 3. The van der Waals surface area contributed by atoms with Crippen LogP contribution < -0.4 is 15.5 Å². The molecule has 1 aliphatic heterocycles. The average Bonchev–Trinajstić information content (AvgIpc) is 3.42. The molecule has 4 aliphatic rings. The van der Waals surface area contributed by atoms with Crippen molar-refractivity contribution in [2.45, 2.75) is 106 Å². The highest BCUT2D eigenvalue weighted by Crippen LogP contribution is 2.61. The maximum absolute atomic E-state index is 14.6. The van der Waals surface area contributed by atoms with Crippen molar-refractivity contribution in [1.29, 1.82) is 0 Å². The van der Waals surface area contributed by atoms with Gasteiger partial charge in [0.25, 0.3) is 5.91 Å². The minimum absolute atomic E-state index is 0.0497. The van der Waals surface area contributed by atoms with Crippen LogP contribution in [0.5, 0.6) is 0 Å². The van der Waals surface area contributed by atoms with E-state index >= 15 is 0 Å². The Morgan fingerprint density at radius 2 is 1.71 bits per heavy atom. The smallest absolute Gasteiger partial charge is 0.251 e. The number of carbonyl (C=O) groups excluding carboxylic acids is 2. The van der Waals surface area contributed by atoms with Gasteiger partial charge in [-0.05, 0) is 102 Å². The largest absolute Gasteiger partial charge is 0.393 e. The zero-order valence-corrected chi connectivity index (χ0v) is 34.0. The van der Waals surface area contributed by atoms with Crippen molar-refractivity contribution in [3.8, 4) is 11.1 Å². The number of aliphatic hydroxyl groups excluding tert-OH is 1. The summed E-state index contributed by atoms with van der Waals surface area (Å²) >= 11 is 0. The van der Waals surface area contributed by atoms with Gasteiger partial charge in [-0.15, -0.1) is 0 Å². The highest BCUT2D eigenvalue weighted by Gasteiger charge is 2.57. The van der Waals surface area contributed by atoms with E-state index in [1.807, 2.05) is 49.2 Å². The molecule has 9 heteroatoms. The maximum atomic E-state index is 14.6. The fourth-order valence-corrected chi connectivity index (χ4v) is 9.63. The third-order valence-corrected chi connectivity index (χ3v) is 12.6. The molecule has 1 saturated heterocycles. The number of anilines is 1. The Balaban J connectivity index is 1.49. The fourth-order valence-electron chi connectivity index (χ4n) is 9.63. The first-order valence-corrected chi connectivity index (χ1v) is 19.7. The second-order valence-electron chi connectivity index (χ2n) is 17.9. The fraction of sp³-hybridized carbons (Fsp3) is 0.674. The molecule has 3 aliphatic carbocycles. The Bertz CT molecular complexity index is 1560.